The van der Waals surface area contributed by atoms with E-state index in [1.165, 1.54) is 4.88 Å². The Morgan fingerprint density at radius 2 is 1.83 bits per heavy atom. The first-order valence-corrected chi connectivity index (χ1v) is 11.0. The summed E-state index contributed by atoms with van der Waals surface area (Å²) in [6, 6.07) is 15.9. The van der Waals surface area contributed by atoms with Crippen molar-refractivity contribution in [1.29, 1.82) is 0 Å². The molecule has 0 aliphatic heterocycles. The van der Waals surface area contributed by atoms with Gasteiger partial charge in [-0.05, 0) is 67.3 Å². The van der Waals surface area contributed by atoms with Crippen LogP contribution in [0.15, 0.2) is 54.6 Å². The molecular formula is C26H28O3S. The highest BCUT2D eigenvalue weighted by Crippen LogP contribution is 2.27. The Morgan fingerprint density at radius 1 is 1.07 bits per heavy atom. The van der Waals surface area contributed by atoms with Crippen LogP contribution in [-0.2, 0) is 13.0 Å². The minimum absolute atomic E-state index is 0.0338. The zero-order valence-electron chi connectivity index (χ0n) is 18.0. The third-order valence-corrected chi connectivity index (χ3v) is 6.07. The van der Waals surface area contributed by atoms with E-state index < -0.39 is 0 Å². The maximum absolute atomic E-state index is 12.5. The second-order valence-corrected chi connectivity index (χ2v) is 8.46. The van der Waals surface area contributed by atoms with Gasteiger partial charge < -0.3 is 9.47 Å². The first-order valence-electron chi connectivity index (χ1n) is 10.2. The molecule has 3 nitrogen and oxygen atoms in total. The van der Waals surface area contributed by atoms with Gasteiger partial charge in [0, 0.05) is 10.4 Å². The minimum Gasteiger partial charge on any atom is -0.496 e. The highest BCUT2D eigenvalue weighted by Gasteiger charge is 2.09. The number of thiophene rings is 1. The number of hydrogen-bond acceptors (Lipinski definition) is 4. The third-order valence-electron chi connectivity index (χ3n) is 4.91. The third kappa shape index (κ3) is 5.39. The smallest absolute Gasteiger partial charge is 0.195 e. The van der Waals surface area contributed by atoms with Crippen molar-refractivity contribution in [1.82, 2.24) is 0 Å². The fourth-order valence-electron chi connectivity index (χ4n) is 3.34. The lowest BCUT2D eigenvalue weighted by molar-refractivity contribution is 0.105. The molecule has 1 heterocycles. The number of carbonyl (C=O) groups is 1. The predicted octanol–water partition coefficient (Wildman–Crippen LogP) is 6.80. The Labute approximate surface area is 183 Å². The molecule has 0 unspecified atom stereocenters. The van der Waals surface area contributed by atoms with Crippen LogP contribution in [0.1, 0.15) is 50.1 Å². The summed E-state index contributed by atoms with van der Waals surface area (Å²) in [5.74, 6) is 1.70. The van der Waals surface area contributed by atoms with E-state index in [9.17, 15) is 4.79 Å². The molecule has 4 heteroatoms. The molecule has 3 rings (SSSR count). The average Bonchev–Trinajstić information content (AvgIpc) is 3.21. The molecule has 0 radical (unpaired) electrons. The van der Waals surface area contributed by atoms with Crippen LogP contribution in [0.3, 0.4) is 0 Å². The second kappa shape index (κ2) is 10.3. The van der Waals surface area contributed by atoms with Crippen LogP contribution < -0.4 is 9.47 Å². The van der Waals surface area contributed by atoms with E-state index >= 15 is 0 Å². The van der Waals surface area contributed by atoms with Crippen molar-refractivity contribution in [2.24, 2.45) is 0 Å². The molecule has 0 saturated heterocycles. The fourth-order valence-corrected chi connectivity index (χ4v) is 4.37. The molecule has 0 aliphatic rings. The Kier molecular flexibility index (Phi) is 7.47. The van der Waals surface area contributed by atoms with E-state index in [0.29, 0.717) is 6.61 Å². The Hall–Kier alpha value is -2.85. The molecule has 30 heavy (non-hydrogen) atoms. The van der Waals surface area contributed by atoms with E-state index in [4.69, 9.17) is 9.47 Å². The Balaban J connectivity index is 1.74. The zero-order valence-corrected chi connectivity index (χ0v) is 18.8. The van der Waals surface area contributed by atoms with Crippen molar-refractivity contribution in [3.05, 3.63) is 86.6 Å². The summed E-state index contributed by atoms with van der Waals surface area (Å²) in [4.78, 5) is 14.5. The van der Waals surface area contributed by atoms with Crippen LogP contribution in [0.25, 0.3) is 6.08 Å². The number of rotatable bonds is 9. The number of carbonyl (C=O) groups excluding carboxylic acids is 1. The van der Waals surface area contributed by atoms with Gasteiger partial charge in [-0.15, -0.1) is 11.3 Å². The molecule has 0 bridgehead atoms. The fraction of sp³-hybridized carbons (Fsp3) is 0.269. The number of para-hydroxylation sites is 1. The van der Waals surface area contributed by atoms with Gasteiger partial charge in [0.1, 0.15) is 18.1 Å². The molecule has 0 aliphatic carbocycles. The van der Waals surface area contributed by atoms with E-state index in [2.05, 4.69) is 6.92 Å². The van der Waals surface area contributed by atoms with Gasteiger partial charge in [0.05, 0.1) is 12.0 Å². The van der Waals surface area contributed by atoms with E-state index in [0.717, 1.165) is 51.5 Å². The first-order chi connectivity index (χ1) is 14.5. The van der Waals surface area contributed by atoms with Crippen LogP contribution in [0.2, 0.25) is 0 Å². The van der Waals surface area contributed by atoms with Crippen LogP contribution in [-0.4, -0.2) is 12.9 Å². The summed E-state index contributed by atoms with van der Waals surface area (Å²) in [5.41, 5.74) is 4.09. The summed E-state index contributed by atoms with van der Waals surface area (Å²) in [5, 5.41) is 0. The average molecular weight is 421 g/mol. The molecule has 156 valence electrons. The predicted molar refractivity (Wildman–Crippen MR) is 125 cm³/mol. The summed E-state index contributed by atoms with van der Waals surface area (Å²) in [7, 11) is 1.65. The van der Waals surface area contributed by atoms with Crippen LogP contribution in [0.4, 0.5) is 0 Å². The van der Waals surface area contributed by atoms with Gasteiger partial charge in [0.25, 0.3) is 0 Å². The van der Waals surface area contributed by atoms with Crippen molar-refractivity contribution in [3.63, 3.8) is 0 Å². The van der Waals surface area contributed by atoms with Gasteiger partial charge >= 0.3 is 0 Å². The molecular weight excluding hydrogens is 392 g/mol. The zero-order chi connectivity index (χ0) is 21.5. The van der Waals surface area contributed by atoms with Crippen molar-refractivity contribution >= 4 is 23.2 Å². The summed E-state index contributed by atoms with van der Waals surface area (Å²) >= 11 is 1.58. The lowest BCUT2D eigenvalue weighted by Gasteiger charge is -2.14. The number of methoxy groups -OCH3 is 1. The van der Waals surface area contributed by atoms with E-state index in [1.54, 1.807) is 24.5 Å². The normalized spacial score (nSPS) is 11.1. The Bertz CT molecular complexity index is 1030. The molecule has 0 spiro atoms. The van der Waals surface area contributed by atoms with Gasteiger partial charge in [-0.3, -0.25) is 4.79 Å². The topological polar surface area (TPSA) is 35.5 Å². The standard InChI is InChI=1S/C26H28O3S/c1-5-7-22-12-15-25(30-22)23(27)13-10-20-11-14-24(28-4)21(16-20)17-29-26-18(2)8-6-9-19(26)3/h6,8-16H,5,7,17H2,1-4H3/b13-10+. The highest BCUT2D eigenvalue weighted by atomic mass is 32.1. The Morgan fingerprint density at radius 3 is 2.53 bits per heavy atom. The molecule has 3 aromatic rings. The quantitative estimate of drug-likeness (QED) is 0.282. The molecule has 0 saturated carbocycles. The van der Waals surface area contributed by atoms with Gasteiger partial charge in [-0.2, -0.15) is 0 Å². The monoisotopic (exact) mass is 420 g/mol. The number of ether oxygens (including phenoxy) is 2. The van der Waals surface area contributed by atoms with Crippen LogP contribution in [0.5, 0.6) is 11.5 Å². The van der Waals surface area contributed by atoms with E-state index in [1.807, 2.05) is 68.5 Å². The first kappa shape index (κ1) is 21.8. The SMILES string of the molecule is CCCc1ccc(C(=O)/C=C/c2ccc(OC)c(COc3c(C)cccc3C)c2)s1. The van der Waals surface area contributed by atoms with Crippen molar-refractivity contribution in [2.75, 3.05) is 7.11 Å². The molecule has 2 aromatic carbocycles. The number of ketones is 1. The number of hydrogen-bond donors (Lipinski definition) is 0. The van der Waals surface area contributed by atoms with Gasteiger partial charge in [0.15, 0.2) is 5.78 Å². The van der Waals surface area contributed by atoms with Gasteiger partial charge in [-0.1, -0.05) is 43.7 Å². The molecule has 1 aromatic heterocycles. The highest BCUT2D eigenvalue weighted by molar-refractivity contribution is 7.14. The maximum atomic E-state index is 12.5. The lowest BCUT2D eigenvalue weighted by atomic mass is 10.1. The van der Waals surface area contributed by atoms with Crippen molar-refractivity contribution in [3.8, 4) is 11.5 Å². The largest absolute Gasteiger partial charge is 0.496 e. The van der Waals surface area contributed by atoms with Crippen molar-refractivity contribution in [2.45, 2.75) is 40.2 Å². The number of aryl methyl sites for hydroxylation is 3. The van der Waals surface area contributed by atoms with Crippen LogP contribution in [0, 0.1) is 13.8 Å². The number of benzene rings is 2. The summed E-state index contributed by atoms with van der Waals surface area (Å²) in [6.07, 6.45) is 5.59. The van der Waals surface area contributed by atoms with Gasteiger partial charge in [0.2, 0.25) is 0 Å². The van der Waals surface area contributed by atoms with Crippen molar-refractivity contribution < 1.29 is 14.3 Å². The molecule has 0 atom stereocenters. The molecule has 0 amide bonds. The maximum Gasteiger partial charge on any atom is 0.195 e. The summed E-state index contributed by atoms with van der Waals surface area (Å²) < 4.78 is 11.6. The molecule has 0 N–H and O–H groups in total. The number of allylic oxidation sites excluding steroid dienone is 1. The van der Waals surface area contributed by atoms with Gasteiger partial charge in [-0.25, -0.2) is 0 Å². The second-order valence-electron chi connectivity index (χ2n) is 7.29. The summed E-state index contributed by atoms with van der Waals surface area (Å²) in [6.45, 7) is 6.63. The van der Waals surface area contributed by atoms with Crippen LogP contribution >= 0.6 is 11.3 Å². The van der Waals surface area contributed by atoms with E-state index in [-0.39, 0.29) is 5.78 Å². The lowest BCUT2D eigenvalue weighted by Crippen LogP contribution is -2.01. The minimum atomic E-state index is 0.0338. The molecule has 0 fully saturated rings.